The van der Waals surface area contributed by atoms with Crippen molar-refractivity contribution < 1.29 is 0 Å². The molecule has 0 radical (unpaired) electrons. The molecule has 0 fully saturated rings. The zero-order valence-electron chi connectivity index (χ0n) is 17.3. The number of aromatic nitrogens is 4. The molecular weight excluding hydrogens is 398 g/mol. The Morgan fingerprint density at radius 2 is 1.47 bits per heavy atom. The molecule has 4 rings (SSSR count). The van der Waals surface area contributed by atoms with Crippen LogP contribution in [0.2, 0.25) is 5.28 Å². The molecule has 154 valence electrons. The van der Waals surface area contributed by atoms with Crippen LogP contribution in [0.5, 0.6) is 0 Å². The fourth-order valence-electron chi connectivity index (χ4n) is 3.61. The Hall–Kier alpha value is -3.12. The molecule has 2 heterocycles. The highest BCUT2D eigenvalue weighted by Crippen LogP contribution is 2.28. The molecule has 2 aromatic heterocycles. The van der Waals surface area contributed by atoms with E-state index in [1.807, 2.05) is 57.2 Å². The second-order valence-electron chi connectivity index (χ2n) is 8.28. The van der Waals surface area contributed by atoms with E-state index in [9.17, 15) is 4.79 Å². The molecule has 0 aliphatic carbocycles. The molecule has 0 saturated carbocycles. The molecule has 0 saturated heterocycles. The van der Waals surface area contributed by atoms with E-state index in [-0.39, 0.29) is 11.0 Å². The predicted octanol–water partition coefficient (Wildman–Crippen LogP) is 4.73. The van der Waals surface area contributed by atoms with Gasteiger partial charge in [-0.05, 0) is 43.5 Å². The largest absolute Gasteiger partial charge is 0.346 e. The average molecular weight is 422 g/mol. The van der Waals surface area contributed by atoms with Crippen LogP contribution in [0.4, 0.5) is 5.82 Å². The Balaban J connectivity index is 1.88. The van der Waals surface area contributed by atoms with Gasteiger partial charge in [-0.1, -0.05) is 60.7 Å². The van der Waals surface area contributed by atoms with Gasteiger partial charge in [0.15, 0.2) is 11.5 Å². The minimum Gasteiger partial charge on any atom is -0.346 e. The normalized spacial score (nSPS) is 11.7. The second kappa shape index (κ2) is 7.95. The van der Waals surface area contributed by atoms with Crippen LogP contribution in [0.3, 0.4) is 0 Å². The van der Waals surface area contributed by atoms with Crippen molar-refractivity contribution in [3.63, 3.8) is 0 Å². The maximum atomic E-state index is 12.8. The average Bonchev–Trinajstić information content (AvgIpc) is 3.04. The third-order valence-electron chi connectivity index (χ3n) is 4.89. The van der Waals surface area contributed by atoms with Crippen LogP contribution in [-0.4, -0.2) is 19.5 Å². The Morgan fingerprint density at radius 1 is 0.933 bits per heavy atom. The number of hydrogen-bond acceptors (Lipinski definition) is 4. The molecule has 0 aliphatic rings. The summed E-state index contributed by atoms with van der Waals surface area (Å²) in [5.74, 6) is 0.609. The summed E-state index contributed by atoms with van der Waals surface area (Å²) < 4.78 is 1.63. The number of imidazole rings is 1. The second-order valence-corrected chi connectivity index (χ2v) is 8.62. The SMILES string of the molecule is CC(C)(C)n1c(=O)[nH]c2c(N(Cc3ccccc3)Cc3ccccc3)nc(Cl)nc21. The van der Waals surface area contributed by atoms with Crippen molar-refractivity contribution in [2.24, 2.45) is 0 Å². The van der Waals surface area contributed by atoms with Crippen molar-refractivity contribution in [1.29, 1.82) is 0 Å². The number of nitrogens with one attached hydrogen (secondary N) is 1. The number of aromatic amines is 1. The van der Waals surface area contributed by atoms with Gasteiger partial charge in [-0.2, -0.15) is 9.97 Å². The molecule has 0 aliphatic heterocycles. The third kappa shape index (κ3) is 4.09. The summed E-state index contributed by atoms with van der Waals surface area (Å²) in [5, 5.41) is 0.112. The minimum absolute atomic E-state index is 0.112. The number of H-pyrrole nitrogens is 1. The van der Waals surface area contributed by atoms with E-state index in [2.05, 4.69) is 44.1 Å². The van der Waals surface area contributed by atoms with Crippen LogP contribution in [0.1, 0.15) is 31.9 Å². The van der Waals surface area contributed by atoms with Gasteiger partial charge in [0.1, 0.15) is 5.52 Å². The Morgan fingerprint density at radius 3 is 1.97 bits per heavy atom. The van der Waals surface area contributed by atoms with Crippen LogP contribution < -0.4 is 10.6 Å². The Kier molecular flexibility index (Phi) is 5.35. The number of anilines is 1. The van der Waals surface area contributed by atoms with Gasteiger partial charge >= 0.3 is 5.69 Å². The van der Waals surface area contributed by atoms with E-state index in [4.69, 9.17) is 11.6 Å². The lowest BCUT2D eigenvalue weighted by molar-refractivity contribution is 0.395. The fourth-order valence-corrected chi connectivity index (χ4v) is 3.77. The lowest BCUT2D eigenvalue weighted by Crippen LogP contribution is -2.32. The first-order valence-corrected chi connectivity index (χ1v) is 10.2. The van der Waals surface area contributed by atoms with Gasteiger partial charge in [0, 0.05) is 18.6 Å². The van der Waals surface area contributed by atoms with Crippen LogP contribution in [-0.2, 0) is 18.6 Å². The van der Waals surface area contributed by atoms with Crippen molar-refractivity contribution >= 4 is 28.6 Å². The zero-order valence-corrected chi connectivity index (χ0v) is 18.0. The number of benzene rings is 2. The molecule has 2 aromatic carbocycles. The first-order chi connectivity index (χ1) is 14.3. The number of halogens is 1. The lowest BCUT2D eigenvalue weighted by Gasteiger charge is -2.25. The van der Waals surface area contributed by atoms with Crippen LogP contribution in [0, 0.1) is 0 Å². The molecular formula is C23H24ClN5O. The first kappa shape index (κ1) is 20.2. The highest BCUT2D eigenvalue weighted by atomic mass is 35.5. The number of rotatable bonds is 5. The number of fused-ring (bicyclic) bond motifs is 1. The van der Waals surface area contributed by atoms with Gasteiger partial charge in [0.25, 0.3) is 0 Å². The van der Waals surface area contributed by atoms with Crippen LogP contribution in [0.25, 0.3) is 11.2 Å². The predicted molar refractivity (Wildman–Crippen MR) is 121 cm³/mol. The van der Waals surface area contributed by atoms with Gasteiger partial charge in [0.2, 0.25) is 5.28 Å². The molecule has 0 bridgehead atoms. The van der Waals surface area contributed by atoms with Crippen molar-refractivity contribution in [3.8, 4) is 0 Å². The van der Waals surface area contributed by atoms with E-state index in [0.29, 0.717) is 30.1 Å². The third-order valence-corrected chi connectivity index (χ3v) is 5.06. The van der Waals surface area contributed by atoms with Gasteiger partial charge in [0.05, 0.1) is 0 Å². The van der Waals surface area contributed by atoms with Gasteiger partial charge in [-0.25, -0.2) is 4.79 Å². The van der Waals surface area contributed by atoms with Gasteiger partial charge < -0.3 is 9.88 Å². The fraction of sp³-hybridized carbons (Fsp3) is 0.261. The Labute approximate surface area is 180 Å². The van der Waals surface area contributed by atoms with Crippen molar-refractivity contribution in [2.75, 3.05) is 4.90 Å². The summed E-state index contributed by atoms with van der Waals surface area (Å²) in [4.78, 5) is 26.8. The summed E-state index contributed by atoms with van der Waals surface area (Å²) in [7, 11) is 0. The summed E-state index contributed by atoms with van der Waals surface area (Å²) in [6.07, 6.45) is 0. The van der Waals surface area contributed by atoms with E-state index >= 15 is 0 Å². The van der Waals surface area contributed by atoms with Crippen molar-refractivity contribution in [3.05, 3.63) is 87.6 Å². The molecule has 7 heteroatoms. The standard InChI is InChI=1S/C23H24ClN5O/c1-23(2,3)29-20-18(25-22(29)30)19(26-21(24)27-20)28(14-16-10-6-4-7-11-16)15-17-12-8-5-9-13-17/h4-13H,14-15H2,1-3H3,(H,25,30). The summed E-state index contributed by atoms with van der Waals surface area (Å²) in [6, 6.07) is 20.3. The Bertz CT molecular complexity index is 1170. The maximum Gasteiger partial charge on any atom is 0.328 e. The molecule has 0 unspecified atom stereocenters. The maximum absolute atomic E-state index is 12.8. The molecule has 0 amide bonds. The van der Waals surface area contributed by atoms with E-state index in [1.165, 1.54) is 0 Å². The first-order valence-electron chi connectivity index (χ1n) is 9.84. The van der Waals surface area contributed by atoms with Crippen LogP contribution in [0.15, 0.2) is 65.5 Å². The topological polar surface area (TPSA) is 66.8 Å². The molecule has 6 nitrogen and oxygen atoms in total. The highest BCUT2D eigenvalue weighted by Gasteiger charge is 2.25. The lowest BCUT2D eigenvalue weighted by atomic mass is 10.1. The highest BCUT2D eigenvalue weighted by molar-refractivity contribution is 6.28. The summed E-state index contributed by atoms with van der Waals surface area (Å²) in [6.45, 7) is 7.11. The van der Waals surface area contributed by atoms with Crippen molar-refractivity contribution in [2.45, 2.75) is 39.4 Å². The number of hydrogen-bond donors (Lipinski definition) is 1. The molecule has 0 spiro atoms. The van der Waals surface area contributed by atoms with Gasteiger partial charge in [-0.3, -0.25) is 4.57 Å². The quantitative estimate of drug-likeness (QED) is 0.473. The van der Waals surface area contributed by atoms with E-state index in [0.717, 1.165) is 11.1 Å². The molecule has 30 heavy (non-hydrogen) atoms. The van der Waals surface area contributed by atoms with E-state index in [1.54, 1.807) is 4.57 Å². The van der Waals surface area contributed by atoms with E-state index < -0.39 is 5.54 Å². The van der Waals surface area contributed by atoms with Gasteiger partial charge in [-0.15, -0.1) is 0 Å². The van der Waals surface area contributed by atoms with Crippen molar-refractivity contribution in [1.82, 2.24) is 19.5 Å². The monoisotopic (exact) mass is 421 g/mol. The molecule has 1 N–H and O–H groups in total. The minimum atomic E-state index is -0.450. The summed E-state index contributed by atoms with van der Waals surface area (Å²) in [5.41, 5.74) is 2.69. The molecule has 4 aromatic rings. The zero-order chi connectivity index (χ0) is 21.3. The van der Waals surface area contributed by atoms with Crippen LogP contribution >= 0.6 is 11.6 Å². The smallest absolute Gasteiger partial charge is 0.328 e. The number of nitrogens with zero attached hydrogens (tertiary/aromatic N) is 4. The molecule has 0 atom stereocenters. The summed E-state index contributed by atoms with van der Waals surface area (Å²) >= 11 is 6.33.